The van der Waals surface area contributed by atoms with Crippen molar-refractivity contribution in [1.29, 1.82) is 0 Å². The zero-order valence-electron chi connectivity index (χ0n) is 9.01. The second kappa shape index (κ2) is 4.33. The molecule has 90 valence electrons. The van der Waals surface area contributed by atoms with Crippen molar-refractivity contribution in [3.8, 4) is 5.75 Å². The Morgan fingerprint density at radius 3 is 2.31 bits per heavy atom. The van der Waals surface area contributed by atoms with E-state index < -0.39 is 12.0 Å². The molecule has 5 heteroatoms. The van der Waals surface area contributed by atoms with Crippen molar-refractivity contribution in [2.75, 3.05) is 0 Å². The van der Waals surface area contributed by atoms with Gasteiger partial charge in [0.05, 0.1) is 5.60 Å². The van der Waals surface area contributed by atoms with Crippen LogP contribution in [0.15, 0.2) is 24.3 Å². The Hall–Kier alpha value is -1.23. The van der Waals surface area contributed by atoms with Crippen LogP contribution in [-0.4, -0.2) is 11.5 Å². The minimum Gasteiger partial charge on any atom is -0.405 e. The van der Waals surface area contributed by atoms with Gasteiger partial charge in [0.15, 0.2) is 0 Å². The summed E-state index contributed by atoms with van der Waals surface area (Å²) in [6.07, 6.45) is -4.45. The Morgan fingerprint density at radius 1 is 1.25 bits per heavy atom. The molecule has 0 aliphatic carbocycles. The van der Waals surface area contributed by atoms with Crippen LogP contribution in [0.25, 0.3) is 0 Å². The molecule has 0 aliphatic heterocycles. The van der Waals surface area contributed by atoms with Crippen LogP contribution >= 0.6 is 0 Å². The summed E-state index contributed by atoms with van der Waals surface area (Å²) in [4.78, 5) is 0. The van der Waals surface area contributed by atoms with Gasteiger partial charge < -0.3 is 9.84 Å². The molecule has 2 nitrogen and oxygen atoms in total. The second-order valence-electron chi connectivity index (χ2n) is 3.67. The van der Waals surface area contributed by atoms with Gasteiger partial charge in [-0.2, -0.15) is 0 Å². The summed E-state index contributed by atoms with van der Waals surface area (Å²) in [5, 5.41) is 9.92. The number of alkyl halides is 3. The summed E-state index contributed by atoms with van der Waals surface area (Å²) in [5.74, 6) is -0.359. The number of rotatable bonds is 3. The van der Waals surface area contributed by atoms with Gasteiger partial charge in [0.2, 0.25) is 0 Å². The molecule has 1 unspecified atom stereocenters. The van der Waals surface area contributed by atoms with Crippen LogP contribution in [0.3, 0.4) is 0 Å². The third-order valence-electron chi connectivity index (χ3n) is 2.38. The van der Waals surface area contributed by atoms with E-state index in [0.717, 1.165) is 0 Å². The first-order valence-electron chi connectivity index (χ1n) is 4.84. The van der Waals surface area contributed by atoms with E-state index in [1.165, 1.54) is 25.1 Å². The molecule has 0 saturated heterocycles. The normalized spacial score (nSPS) is 15.6. The summed E-state index contributed by atoms with van der Waals surface area (Å²) < 4.78 is 40.2. The highest BCUT2D eigenvalue weighted by atomic mass is 19.4. The second-order valence-corrected chi connectivity index (χ2v) is 3.67. The average Bonchev–Trinajstić information content (AvgIpc) is 2.16. The molecule has 1 aromatic carbocycles. The first kappa shape index (κ1) is 12.8. The molecule has 0 aromatic heterocycles. The zero-order valence-corrected chi connectivity index (χ0v) is 9.01. The predicted molar refractivity (Wildman–Crippen MR) is 53.0 cm³/mol. The van der Waals surface area contributed by atoms with Gasteiger partial charge in [-0.05, 0) is 19.4 Å². The Balaban J connectivity index is 3.11. The third kappa shape index (κ3) is 3.13. The van der Waals surface area contributed by atoms with Crippen molar-refractivity contribution in [2.24, 2.45) is 0 Å². The molecule has 1 rings (SSSR count). The van der Waals surface area contributed by atoms with Gasteiger partial charge in [0.1, 0.15) is 5.75 Å². The van der Waals surface area contributed by atoms with E-state index in [1.807, 2.05) is 0 Å². The van der Waals surface area contributed by atoms with Gasteiger partial charge in [-0.1, -0.05) is 25.1 Å². The number of halogens is 3. The summed E-state index contributed by atoms with van der Waals surface area (Å²) in [6, 6.07) is 5.59. The highest BCUT2D eigenvalue weighted by molar-refractivity contribution is 5.37. The molecule has 0 heterocycles. The molecule has 0 fully saturated rings. The maximum atomic E-state index is 12.1. The summed E-state index contributed by atoms with van der Waals surface area (Å²) in [7, 11) is 0. The molecule has 0 bridgehead atoms. The van der Waals surface area contributed by atoms with E-state index in [2.05, 4.69) is 4.74 Å². The van der Waals surface area contributed by atoms with Crippen molar-refractivity contribution in [3.63, 3.8) is 0 Å². The van der Waals surface area contributed by atoms with Crippen molar-refractivity contribution in [2.45, 2.75) is 32.2 Å². The van der Waals surface area contributed by atoms with Crippen LogP contribution < -0.4 is 4.74 Å². The maximum absolute atomic E-state index is 12.1. The highest BCUT2D eigenvalue weighted by Gasteiger charge is 2.34. The van der Waals surface area contributed by atoms with Crippen LogP contribution in [0.5, 0.6) is 5.75 Å². The quantitative estimate of drug-likeness (QED) is 0.870. The van der Waals surface area contributed by atoms with E-state index in [9.17, 15) is 18.3 Å². The van der Waals surface area contributed by atoms with E-state index in [1.54, 1.807) is 13.0 Å². The SMILES string of the molecule is CCC(C)(O)c1ccccc1OC(F)(F)F. The van der Waals surface area contributed by atoms with Crippen LogP contribution in [0.1, 0.15) is 25.8 Å². The Kier molecular flexibility index (Phi) is 3.48. The molecule has 16 heavy (non-hydrogen) atoms. The smallest absolute Gasteiger partial charge is 0.405 e. The molecular weight excluding hydrogens is 221 g/mol. The van der Waals surface area contributed by atoms with Gasteiger partial charge in [-0.3, -0.25) is 0 Å². The molecule has 0 radical (unpaired) electrons. The van der Waals surface area contributed by atoms with Crippen LogP contribution in [0.4, 0.5) is 13.2 Å². The van der Waals surface area contributed by atoms with Crippen molar-refractivity contribution < 1.29 is 23.0 Å². The number of ether oxygens (including phenoxy) is 1. The molecular formula is C11H13F3O2. The number of hydrogen-bond donors (Lipinski definition) is 1. The van der Waals surface area contributed by atoms with Crippen molar-refractivity contribution >= 4 is 0 Å². The van der Waals surface area contributed by atoms with Gasteiger partial charge in [0, 0.05) is 5.56 Å². The van der Waals surface area contributed by atoms with Gasteiger partial charge in [-0.25, -0.2) is 0 Å². The average molecular weight is 234 g/mol. The fourth-order valence-corrected chi connectivity index (χ4v) is 1.32. The molecule has 1 N–H and O–H groups in total. The van der Waals surface area contributed by atoms with Gasteiger partial charge in [-0.15, -0.1) is 13.2 Å². The Labute approximate surface area is 91.7 Å². The molecule has 1 atom stereocenters. The number of para-hydroxylation sites is 1. The van der Waals surface area contributed by atoms with Gasteiger partial charge in [0.25, 0.3) is 0 Å². The fourth-order valence-electron chi connectivity index (χ4n) is 1.32. The largest absolute Gasteiger partial charge is 0.573 e. The Morgan fingerprint density at radius 2 is 1.81 bits per heavy atom. The monoisotopic (exact) mass is 234 g/mol. The van der Waals surface area contributed by atoms with Crippen molar-refractivity contribution in [3.05, 3.63) is 29.8 Å². The van der Waals surface area contributed by atoms with Gasteiger partial charge >= 0.3 is 6.36 Å². The lowest BCUT2D eigenvalue weighted by molar-refractivity contribution is -0.275. The number of aliphatic hydroxyl groups is 1. The molecule has 1 aromatic rings. The third-order valence-corrected chi connectivity index (χ3v) is 2.38. The van der Waals surface area contributed by atoms with Crippen LogP contribution in [0, 0.1) is 0 Å². The fraction of sp³-hybridized carbons (Fsp3) is 0.455. The topological polar surface area (TPSA) is 29.5 Å². The predicted octanol–water partition coefficient (Wildman–Crippen LogP) is 3.20. The van der Waals surface area contributed by atoms with E-state index in [0.29, 0.717) is 6.42 Å². The van der Waals surface area contributed by atoms with E-state index >= 15 is 0 Å². The molecule has 0 amide bonds. The lowest BCUT2D eigenvalue weighted by atomic mass is 9.92. The van der Waals surface area contributed by atoms with E-state index in [-0.39, 0.29) is 11.3 Å². The standard InChI is InChI=1S/C11H13F3O2/c1-3-10(2,15)8-6-4-5-7-9(8)16-11(12,13)14/h4-7,15H,3H2,1-2H3. The van der Waals surface area contributed by atoms with E-state index in [4.69, 9.17) is 0 Å². The molecule has 0 saturated carbocycles. The first-order chi connectivity index (χ1) is 7.26. The van der Waals surface area contributed by atoms with Crippen molar-refractivity contribution in [1.82, 2.24) is 0 Å². The summed E-state index contributed by atoms with van der Waals surface area (Å²) in [6.45, 7) is 3.13. The summed E-state index contributed by atoms with van der Waals surface area (Å²) in [5.41, 5.74) is -1.20. The number of benzene rings is 1. The lowest BCUT2D eigenvalue weighted by Crippen LogP contribution is -2.24. The minimum atomic E-state index is -4.75. The van der Waals surface area contributed by atoms with Crippen LogP contribution in [0.2, 0.25) is 0 Å². The highest BCUT2D eigenvalue weighted by Crippen LogP contribution is 2.34. The maximum Gasteiger partial charge on any atom is 0.573 e. The van der Waals surface area contributed by atoms with Crippen LogP contribution in [-0.2, 0) is 5.60 Å². The zero-order chi connectivity index (χ0) is 12.4. The molecule has 0 aliphatic rings. The first-order valence-corrected chi connectivity index (χ1v) is 4.84. The Bertz CT molecular complexity index is 358. The lowest BCUT2D eigenvalue weighted by Gasteiger charge is -2.24. The number of hydrogen-bond acceptors (Lipinski definition) is 2. The minimum absolute atomic E-state index is 0.134. The summed E-state index contributed by atoms with van der Waals surface area (Å²) >= 11 is 0. The molecule has 0 spiro atoms.